The Morgan fingerprint density at radius 1 is 1.45 bits per heavy atom. The number of rotatable bonds is 6. The van der Waals surface area contributed by atoms with Crippen molar-refractivity contribution >= 4 is 23.4 Å². The summed E-state index contributed by atoms with van der Waals surface area (Å²) >= 11 is 1.10. The van der Waals surface area contributed by atoms with E-state index in [1.54, 1.807) is 12.1 Å². The van der Waals surface area contributed by atoms with Crippen LogP contribution in [0.25, 0.3) is 11.4 Å². The molecule has 0 spiro atoms. The minimum atomic E-state index is -0.937. The van der Waals surface area contributed by atoms with Crippen LogP contribution in [0.2, 0.25) is 0 Å². The van der Waals surface area contributed by atoms with Crippen molar-refractivity contribution in [2.45, 2.75) is 5.75 Å². The number of carboxylic acid groups (broad SMARTS) is 1. The first-order valence-electron chi connectivity index (χ1n) is 5.44. The fraction of sp³-hybridized carbons (Fsp3) is 0.182. The predicted molar refractivity (Wildman–Crippen MR) is 70.2 cm³/mol. The van der Waals surface area contributed by atoms with Crippen molar-refractivity contribution in [3.05, 3.63) is 40.3 Å². The largest absolute Gasteiger partial charge is 0.481 e. The maximum absolute atomic E-state index is 10.9. The maximum Gasteiger partial charge on any atom is 0.313 e. The summed E-state index contributed by atoms with van der Waals surface area (Å²) in [6, 6.07) is 6.06. The normalized spacial score (nSPS) is 10.4. The van der Waals surface area contributed by atoms with E-state index in [1.165, 1.54) is 12.1 Å². The first-order chi connectivity index (χ1) is 9.58. The molecule has 1 aromatic carbocycles. The molecule has 20 heavy (non-hydrogen) atoms. The summed E-state index contributed by atoms with van der Waals surface area (Å²) in [6.45, 7) is 0. The lowest BCUT2D eigenvalue weighted by Crippen LogP contribution is -1.98. The molecule has 1 heterocycles. The zero-order chi connectivity index (χ0) is 14.5. The number of aromatic nitrogens is 2. The third-order valence-electron chi connectivity index (χ3n) is 2.26. The topological polar surface area (TPSA) is 119 Å². The smallest absolute Gasteiger partial charge is 0.313 e. The van der Waals surface area contributed by atoms with Gasteiger partial charge in [0, 0.05) is 6.07 Å². The van der Waals surface area contributed by atoms with Crippen molar-refractivity contribution in [2.24, 2.45) is 0 Å². The number of hydrogen-bond acceptors (Lipinski definition) is 7. The van der Waals surface area contributed by atoms with Gasteiger partial charge in [-0.1, -0.05) is 17.3 Å². The molecule has 0 amide bonds. The van der Waals surface area contributed by atoms with Gasteiger partial charge in [-0.25, -0.2) is 0 Å². The van der Waals surface area contributed by atoms with Crippen LogP contribution in [0, 0.1) is 10.1 Å². The Kier molecular flexibility index (Phi) is 4.31. The van der Waals surface area contributed by atoms with Crippen LogP contribution < -0.4 is 0 Å². The number of benzene rings is 1. The second-order valence-corrected chi connectivity index (χ2v) is 4.66. The summed E-state index contributed by atoms with van der Waals surface area (Å²) in [5, 5.41) is 23.1. The molecule has 0 aliphatic carbocycles. The number of nitro benzene ring substituents is 1. The summed E-state index contributed by atoms with van der Waals surface area (Å²) in [7, 11) is 0. The molecule has 0 aliphatic rings. The monoisotopic (exact) mass is 295 g/mol. The van der Waals surface area contributed by atoms with Gasteiger partial charge >= 0.3 is 5.97 Å². The Labute approximate surface area is 117 Å². The van der Waals surface area contributed by atoms with Crippen molar-refractivity contribution in [1.82, 2.24) is 10.1 Å². The predicted octanol–water partition coefficient (Wildman–Crippen LogP) is 1.96. The summed E-state index contributed by atoms with van der Waals surface area (Å²) < 4.78 is 4.94. The van der Waals surface area contributed by atoms with Crippen LogP contribution in [0.1, 0.15) is 5.89 Å². The molecule has 0 fully saturated rings. The molecule has 0 bridgehead atoms. The van der Waals surface area contributed by atoms with E-state index in [-0.39, 0.29) is 34.5 Å². The third-order valence-corrected chi connectivity index (χ3v) is 3.16. The van der Waals surface area contributed by atoms with Gasteiger partial charge < -0.3 is 9.63 Å². The van der Waals surface area contributed by atoms with E-state index in [0.717, 1.165) is 11.8 Å². The Hall–Kier alpha value is -2.42. The van der Waals surface area contributed by atoms with E-state index < -0.39 is 10.9 Å². The average molecular weight is 295 g/mol. The lowest BCUT2D eigenvalue weighted by atomic mass is 10.2. The van der Waals surface area contributed by atoms with Gasteiger partial charge in [-0.15, -0.1) is 11.8 Å². The number of hydrogen-bond donors (Lipinski definition) is 1. The molecule has 9 heteroatoms. The Balaban J connectivity index is 2.16. The van der Waals surface area contributed by atoms with E-state index in [2.05, 4.69) is 10.1 Å². The molecule has 0 atom stereocenters. The number of thioether (sulfide) groups is 1. The maximum atomic E-state index is 10.9. The van der Waals surface area contributed by atoms with Gasteiger partial charge in [0.1, 0.15) is 5.56 Å². The quantitative estimate of drug-likeness (QED) is 0.634. The van der Waals surface area contributed by atoms with E-state index >= 15 is 0 Å². The summed E-state index contributed by atoms with van der Waals surface area (Å²) in [5.41, 5.74) is 0.147. The van der Waals surface area contributed by atoms with Crippen LogP contribution in [0.5, 0.6) is 0 Å². The molecular weight excluding hydrogens is 286 g/mol. The number of nitro groups is 1. The zero-order valence-electron chi connectivity index (χ0n) is 10.1. The highest BCUT2D eigenvalue weighted by atomic mass is 32.2. The van der Waals surface area contributed by atoms with Gasteiger partial charge in [0.05, 0.1) is 16.4 Å². The molecular formula is C11H9N3O5S. The van der Waals surface area contributed by atoms with Gasteiger partial charge in [0.25, 0.3) is 5.69 Å². The van der Waals surface area contributed by atoms with E-state index in [0.29, 0.717) is 0 Å². The van der Waals surface area contributed by atoms with Crippen molar-refractivity contribution in [3.8, 4) is 11.4 Å². The first-order valence-corrected chi connectivity index (χ1v) is 6.59. The van der Waals surface area contributed by atoms with Crippen molar-refractivity contribution in [2.75, 3.05) is 5.75 Å². The molecule has 8 nitrogen and oxygen atoms in total. The minimum absolute atomic E-state index is 0.0802. The van der Waals surface area contributed by atoms with Gasteiger partial charge in [0.2, 0.25) is 11.7 Å². The second kappa shape index (κ2) is 6.15. The van der Waals surface area contributed by atoms with E-state index in [4.69, 9.17) is 9.63 Å². The molecule has 0 aliphatic heterocycles. The Morgan fingerprint density at radius 2 is 2.20 bits per heavy atom. The molecule has 0 unspecified atom stereocenters. The second-order valence-electron chi connectivity index (χ2n) is 3.67. The minimum Gasteiger partial charge on any atom is -0.481 e. The Bertz CT molecular complexity index is 642. The zero-order valence-corrected chi connectivity index (χ0v) is 10.9. The van der Waals surface area contributed by atoms with Crippen LogP contribution in [-0.2, 0) is 10.5 Å². The lowest BCUT2D eigenvalue weighted by Gasteiger charge is -1.96. The fourth-order valence-electron chi connectivity index (χ4n) is 1.47. The SMILES string of the molecule is O=C(O)CSCc1nc(-c2ccccc2[N+](=O)[O-])no1. The fourth-order valence-corrected chi connectivity index (χ4v) is 2.04. The summed E-state index contributed by atoms with van der Waals surface area (Å²) in [4.78, 5) is 24.8. The highest BCUT2D eigenvalue weighted by molar-refractivity contribution is 7.99. The summed E-state index contributed by atoms with van der Waals surface area (Å²) in [5.74, 6) is -0.440. The molecule has 0 saturated heterocycles. The van der Waals surface area contributed by atoms with Crippen LogP contribution in [0.15, 0.2) is 28.8 Å². The number of carbonyl (C=O) groups is 1. The summed E-state index contributed by atoms with van der Waals surface area (Å²) in [6.07, 6.45) is 0. The van der Waals surface area contributed by atoms with Crippen LogP contribution in [0.3, 0.4) is 0 Å². The molecule has 1 N–H and O–H groups in total. The van der Waals surface area contributed by atoms with Gasteiger partial charge in [0.15, 0.2) is 0 Å². The highest BCUT2D eigenvalue weighted by Crippen LogP contribution is 2.27. The molecule has 2 rings (SSSR count). The first kappa shape index (κ1) is 14.0. The molecule has 0 saturated carbocycles. The van der Waals surface area contributed by atoms with Crippen LogP contribution in [-0.4, -0.2) is 31.9 Å². The van der Waals surface area contributed by atoms with Crippen molar-refractivity contribution in [3.63, 3.8) is 0 Å². The Morgan fingerprint density at radius 3 is 2.90 bits per heavy atom. The number of carboxylic acids is 1. The standard InChI is InChI=1S/C11H9N3O5S/c15-10(16)6-20-5-9-12-11(13-19-9)7-3-1-2-4-8(7)14(17)18/h1-4H,5-6H2,(H,15,16). The molecule has 2 aromatic rings. The van der Waals surface area contributed by atoms with Gasteiger partial charge in [-0.2, -0.15) is 4.98 Å². The molecule has 0 radical (unpaired) electrons. The van der Waals surface area contributed by atoms with E-state index in [1.807, 2.05) is 0 Å². The van der Waals surface area contributed by atoms with Gasteiger partial charge in [-0.05, 0) is 6.07 Å². The molecule has 104 valence electrons. The number of aliphatic carboxylic acids is 1. The number of para-hydroxylation sites is 1. The van der Waals surface area contributed by atoms with Crippen molar-refractivity contribution < 1.29 is 19.3 Å². The van der Waals surface area contributed by atoms with Gasteiger partial charge in [-0.3, -0.25) is 14.9 Å². The third kappa shape index (κ3) is 3.32. The van der Waals surface area contributed by atoms with Crippen LogP contribution >= 0.6 is 11.8 Å². The number of nitrogens with zero attached hydrogens (tertiary/aromatic N) is 3. The van der Waals surface area contributed by atoms with Crippen LogP contribution in [0.4, 0.5) is 5.69 Å². The highest BCUT2D eigenvalue weighted by Gasteiger charge is 2.19. The van der Waals surface area contributed by atoms with E-state index in [9.17, 15) is 14.9 Å². The average Bonchev–Trinajstić information content (AvgIpc) is 2.87. The lowest BCUT2D eigenvalue weighted by molar-refractivity contribution is -0.384. The van der Waals surface area contributed by atoms with Crippen molar-refractivity contribution in [1.29, 1.82) is 0 Å². The molecule has 1 aromatic heterocycles.